The SMILES string of the molecule is O=C(Nc1ccc(S(=O)(=O)NC2CCCC2)cc1)N1CCCC1. The van der Waals surface area contributed by atoms with Crippen LogP contribution in [0.3, 0.4) is 0 Å². The summed E-state index contributed by atoms with van der Waals surface area (Å²) in [5, 5.41) is 2.81. The molecule has 6 nitrogen and oxygen atoms in total. The predicted molar refractivity (Wildman–Crippen MR) is 88.8 cm³/mol. The third kappa shape index (κ3) is 4.03. The molecule has 2 aliphatic rings. The molecule has 0 unspecified atom stereocenters. The normalized spacial score (nSPS) is 19.2. The first kappa shape index (κ1) is 16.3. The highest BCUT2D eigenvalue weighted by molar-refractivity contribution is 7.89. The first-order valence-electron chi connectivity index (χ1n) is 8.23. The summed E-state index contributed by atoms with van der Waals surface area (Å²) in [6, 6.07) is 6.28. The van der Waals surface area contributed by atoms with E-state index in [9.17, 15) is 13.2 Å². The second-order valence-electron chi connectivity index (χ2n) is 6.25. The van der Waals surface area contributed by atoms with Crippen LogP contribution in [0, 0.1) is 0 Å². The Morgan fingerprint density at radius 2 is 1.61 bits per heavy atom. The van der Waals surface area contributed by atoms with E-state index in [0.717, 1.165) is 51.6 Å². The summed E-state index contributed by atoms with van der Waals surface area (Å²) in [5.41, 5.74) is 0.613. The lowest BCUT2D eigenvalue weighted by molar-refractivity contribution is 0.222. The number of benzene rings is 1. The van der Waals surface area contributed by atoms with Crippen LogP contribution in [0.1, 0.15) is 38.5 Å². The van der Waals surface area contributed by atoms with Gasteiger partial charge >= 0.3 is 6.03 Å². The minimum atomic E-state index is -3.48. The van der Waals surface area contributed by atoms with Gasteiger partial charge in [-0.1, -0.05) is 12.8 Å². The molecule has 1 saturated carbocycles. The van der Waals surface area contributed by atoms with E-state index in [2.05, 4.69) is 10.0 Å². The van der Waals surface area contributed by atoms with E-state index < -0.39 is 10.0 Å². The standard InChI is InChI=1S/C16H23N3O3S/c20-16(19-11-3-4-12-19)17-13-7-9-15(10-8-13)23(21,22)18-14-5-1-2-6-14/h7-10,14,18H,1-6,11-12H2,(H,17,20). The van der Waals surface area contributed by atoms with Gasteiger partial charge in [0.05, 0.1) is 4.90 Å². The van der Waals surface area contributed by atoms with Crippen LogP contribution in [0.15, 0.2) is 29.2 Å². The largest absolute Gasteiger partial charge is 0.325 e. The van der Waals surface area contributed by atoms with Gasteiger partial charge in [-0.05, 0) is 49.9 Å². The third-order valence-corrected chi connectivity index (χ3v) is 6.02. The summed E-state index contributed by atoms with van der Waals surface area (Å²) in [7, 11) is -3.48. The average Bonchev–Trinajstić information content (AvgIpc) is 3.20. The predicted octanol–water partition coefficient (Wildman–Crippen LogP) is 2.54. The van der Waals surface area contributed by atoms with Gasteiger partial charge in [-0.3, -0.25) is 0 Å². The van der Waals surface area contributed by atoms with Gasteiger partial charge < -0.3 is 10.2 Å². The van der Waals surface area contributed by atoms with Gasteiger partial charge in [0, 0.05) is 24.8 Å². The zero-order chi connectivity index (χ0) is 16.3. The maximum atomic E-state index is 12.3. The zero-order valence-electron chi connectivity index (χ0n) is 13.1. The highest BCUT2D eigenvalue weighted by Gasteiger charge is 2.23. The Labute approximate surface area is 137 Å². The van der Waals surface area contributed by atoms with Crippen molar-refractivity contribution in [3.05, 3.63) is 24.3 Å². The van der Waals surface area contributed by atoms with Gasteiger partial charge in [-0.15, -0.1) is 0 Å². The Hall–Kier alpha value is -1.60. The molecule has 0 bridgehead atoms. The van der Waals surface area contributed by atoms with Gasteiger partial charge in [-0.25, -0.2) is 17.9 Å². The molecule has 1 aliphatic carbocycles. The van der Waals surface area contributed by atoms with Crippen molar-refractivity contribution in [3.8, 4) is 0 Å². The first-order valence-corrected chi connectivity index (χ1v) is 9.71. The number of likely N-dealkylation sites (tertiary alicyclic amines) is 1. The van der Waals surface area contributed by atoms with Crippen molar-refractivity contribution in [2.45, 2.75) is 49.5 Å². The number of nitrogens with zero attached hydrogens (tertiary/aromatic N) is 1. The minimum absolute atomic E-state index is 0.0505. The van der Waals surface area contributed by atoms with Crippen molar-refractivity contribution < 1.29 is 13.2 Å². The van der Waals surface area contributed by atoms with Crippen LogP contribution in [0.5, 0.6) is 0 Å². The fraction of sp³-hybridized carbons (Fsp3) is 0.562. The molecular weight excluding hydrogens is 314 g/mol. The number of hydrogen-bond donors (Lipinski definition) is 2. The number of carbonyl (C=O) groups excluding carboxylic acids is 1. The third-order valence-electron chi connectivity index (χ3n) is 4.49. The molecule has 1 aliphatic heterocycles. The number of anilines is 1. The van der Waals surface area contributed by atoms with Crippen LogP contribution in [0.25, 0.3) is 0 Å². The maximum absolute atomic E-state index is 12.3. The van der Waals surface area contributed by atoms with Gasteiger partial charge in [0.1, 0.15) is 0 Å². The molecule has 0 aromatic heterocycles. The van der Waals surface area contributed by atoms with E-state index in [4.69, 9.17) is 0 Å². The second kappa shape index (κ2) is 6.88. The number of urea groups is 1. The van der Waals surface area contributed by atoms with Crippen LogP contribution in [0.4, 0.5) is 10.5 Å². The summed E-state index contributed by atoms with van der Waals surface area (Å²) in [5.74, 6) is 0. The van der Waals surface area contributed by atoms with Gasteiger partial charge in [-0.2, -0.15) is 0 Å². The number of carbonyl (C=O) groups is 1. The van der Waals surface area contributed by atoms with Crippen LogP contribution < -0.4 is 10.0 Å². The van der Waals surface area contributed by atoms with E-state index in [1.807, 2.05) is 0 Å². The summed E-state index contributed by atoms with van der Waals surface area (Å²) in [4.78, 5) is 14.0. The van der Waals surface area contributed by atoms with E-state index in [0.29, 0.717) is 5.69 Å². The van der Waals surface area contributed by atoms with Crippen molar-refractivity contribution >= 4 is 21.7 Å². The monoisotopic (exact) mass is 337 g/mol. The van der Waals surface area contributed by atoms with Gasteiger partial charge in [0.25, 0.3) is 0 Å². The van der Waals surface area contributed by atoms with Crippen molar-refractivity contribution in [1.82, 2.24) is 9.62 Å². The van der Waals surface area contributed by atoms with Crippen molar-refractivity contribution in [1.29, 1.82) is 0 Å². The molecular formula is C16H23N3O3S. The Bertz CT molecular complexity index is 646. The lowest BCUT2D eigenvalue weighted by Crippen LogP contribution is -2.33. The fourth-order valence-corrected chi connectivity index (χ4v) is 4.48. The lowest BCUT2D eigenvalue weighted by atomic mass is 10.3. The lowest BCUT2D eigenvalue weighted by Gasteiger charge is -2.16. The van der Waals surface area contributed by atoms with Crippen LogP contribution >= 0.6 is 0 Å². The Balaban J connectivity index is 1.62. The first-order chi connectivity index (χ1) is 11.0. The van der Waals surface area contributed by atoms with E-state index in [1.54, 1.807) is 17.0 Å². The number of nitrogens with one attached hydrogen (secondary N) is 2. The number of rotatable bonds is 4. The second-order valence-corrected chi connectivity index (χ2v) is 7.97. The molecule has 2 fully saturated rings. The van der Waals surface area contributed by atoms with E-state index >= 15 is 0 Å². The molecule has 2 amide bonds. The molecule has 0 spiro atoms. The zero-order valence-corrected chi connectivity index (χ0v) is 13.9. The van der Waals surface area contributed by atoms with E-state index in [1.165, 1.54) is 12.1 Å². The minimum Gasteiger partial charge on any atom is -0.325 e. The van der Waals surface area contributed by atoms with Gasteiger partial charge in [0.15, 0.2) is 0 Å². The topological polar surface area (TPSA) is 78.5 Å². The Morgan fingerprint density at radius 3 is 2.22 bits per heavy atom. The smallest absolute Gasteiger partial charge is 0.321 e. The summed E-state index contributed by atoms with van der Waals surface area (Å²) in [6.45, 7) is 1.56. The number of sulfonamides is 1. The molecule has 2 N–H and O–H groups in total. The molecule has 1 heterocycles. The van der Waals surface area contributed by atoms with E-state index in [-0.39, 0.29) is 17.0 Å². The molecule has 3 rings (SSSR count). The maximum Gasteiger partial charge on any atom is 0.321 e. The Morgan fingerprint density at radius 1 is 1.00 bits per heavy atom. The quantitative estimate of drug-likeness (QED) is 0.886. The molecule has 23 heavy (non-hydrogen) atoms. The summed E-state index contributed by atoms with van der Waals surface area (Å²) >= 11 is 0. The van der Waals surface area contributed by atoms with Crippen molar-refractivity contribution in [2.24, 2.45) is 0 Å². The van der Waals surface area contributed by atoms with Crippen LogP contribution in [-0.4, -0.2) is 38.5 Å². The fourth-order valence-electron chi connectivity index (χ4n) is 3.17. The number of amides is 2. The van der Waals surface area contributed by atoms with Crippen molar-refractivity contribution in [3.63, 3.8) is 0 Å². The van der Waals surface area contributed by atoms with Crippen LogP contribution in [-0.2, 0) is 10.0 Å². The highest BCUT2D eigenvalue weighted by Crippen LogP contribution is 2.21. The molecule has 126 valence electrons. The Kier molecular flexibility index (Phi) is 4.87. The summed E-state index contributed by atoms with van der Waals surface area (Å²) in [6.07, 6.45) is 6.05. The van der Waals surface area contributed by atoms with Gasteiger partial charge in [0.2, 0.25) is 10.0 Å². The highest BCUT2D eigenvalue weighted by atomic mass is 32.2. The molecule has 0 atom stereocenters. The molecule has 7 heteroatoms. The molecule has 0 radical (unpaired) electrons. The summed E-state index contributed by atoms with van der Waals surface area (Å²) < 4.78 is 27.4. The van der Waals surface area contributed by atoms with Crippen LogP contribution in [0.2, 0.25) is 0 Å². The van der Waals surface area contributed by atoms with Crippen molar-refractivity contribution in [2.75, 3.05) is 18.4 Å². The average molecular weight is 337 g/mol. The molecule has 1 aromatic rings. The molecule has 1 saturated heterocycles. The number of hydrogen-bond acceptors (Lipinski definition) is 3. The molecule has 1 aromatic carbocycles.